The lowest BCUT2D eigenvalue weighted by Gasteiger charge is -2.19. The Morgan fingerprint density at radius 2 is 1.84 bits per heavy atom. The maximum atomic E-state index is 12.0. The number of nitrogens with one attached hydrogen (secondary N) is 1. The number of rotatable bonds is 3. The summed E-state index contributed by atoms with van der Waals surface area (Å²) in [6.07, 6.45) is 2.47. The summed E-state index contributed by atoms with van der Waals surface area (Å²) < 4.78 is 0. The topological polar surface area (TPSA) is 56.1 Å². The first-order chi connectivity index (χ1) is 9.02. The van der Waals surface area contributed by atoms with Crippen molar-refractivity contribution in [2.75, 3.05) is 18.0 Å². The normalized spacial score (nSPS) is 15.1. The van der Waals surface area contributed by atoms with Gasteiger partial charge in [-0.15, -0.1) is 0 Å². The average molecular weight is 257 g/mol. The van der Waals surface area contributed by atoms with Gasteiger partial charge < -0.3 is 10.2 Å². The molecule has 0 saturated carbocycles. The molecule has 4 heteroatoms. The smallest absolute Gasteiger partial charge is 0.252 e. The first-order valence-electron chi connectivity index (χ1n) is 6.61. The van der Waals surface area contributed by atoms with E-state index in [4.69, 9.17) is 5.26 Å². The molecule has 0 bridgehead atoms. The van der Waals surface area contributed by atoms with Crippen LogP contribution in [0.2, 0.25) is 0 Å². The predicted molar refractivity (Wildman–Crippen MR) is 75.0 cm³/mol. The molecule has 1 amide bonds. The highest BCUT2D eigenvalue weighted by molar-refractivity contribution is 5.95. The molecule has 0 radical (unpaired) electrons. The molecule has 0 aliphatic carbocycles. The van der Waals surface area contributed by atoms with Crippen LogP contribution in [0, 0.1) is 11.3 Å². The number of hydrogen-bond donors (Lipinski definition) is 1. The highest BCUT2D eigenvalue weighted by Gasteiger charge is 2.20. The van der Waals surface area contributed by atoms with Crippen LogP contribution in [0.15, 0.2) is 24.3 Å². The van der Waals surface area contributed by atoms with Gasteiger partial charge in [0, 0.05) is 24.3 Å². The monoisotopic (exact) mass is 257 g/mol. The summed E-state index contributed by atoms with van der Waals surface area (Å²) in [5.74, 6) is -0.209. The molecule has 0 atom stereocenters. The minimum absolute atomic E-state index is 0.209. The van der Waals surface area contributed by atoms with Crippen molar-refractivity contribution in [2.24, 2.45) is 0 Å². The maximum Gasteiger partial charge on any atom is 0.252 e. The van der Waals surface area contributed by atoms with Crippen LogP contribution in [-0.4, -0.2) is 24.5 Å². The van der Waals surface area contributed by atoms with Crippen molar-refractivity contribution in [3.8, 4) is 6.07 Å². The van der Waals surface area contributed by atoms with Crippen molar-refractivity contribution in [3.63, 3.8) is 0 Å². The van der Waals surface area contributed by atoms with Gasteiger partial charge in [0.15, 0.2) is 0 Å². The van der Waals surface area contributed by atoms with E-state index in [1.807, 2.05) is 24.3 Å². The fourth-order valence-electron chi connectivity index (χ4n) is 2.18. The molecule has 0 aromatic heterocycles. The van der Waals surface area contributed by atoms with Crippen LogP contribution in [0.1, 0.15) is 37.0 Å². The molecule has 19 heavy (non-hydrogen) atoms. The molecule has 1 saturated heterocycles. The molecule has 1 aliphatic heterocycles. The van der Waals surface area contributed by atoms with E-state index in [-0.39, 0.29) is 5.91 Å². The van der Waals surface area contributed by atoms with E-state index in [0.29, 0.717) is 5.56 Å². The summed E-state index contributed by atoms with van der Waals surface area (Å²) in [5.41, 5.74) is 0.907. The van der Waals surface area contributed by atoms with Crippen molar-refractivity contribution in [2.45, 2.75) is 32.2 Å². The number of nitriles is 1. The summed E-state index contributed by atoms with van der Waals surface area (Å²) in [4.78, 5) is 14.3. The molecule has 0 spiro atoms. The van der Waals surface area contributed by atoms with Crippen molar-refractivity contribution < 1.29 is 4.79 Å². The Bertz CT molecular complexity index is 493. The van der Waals surface area contributed by atoms with Crippen molar-refractivity contribution in [3.05, 3.63) is 29.8 Å². The molecule has 1 aromatic carbocycles. The van der Waals surface area contributed by atoms with Crippen LogP contribution in [-0.2, 0) is 0 Å². The molecular formula is C15H19N3O. The third-order valence-corrected chi connectivity index (χ3v) is 3.31. The van der Waals surface area contributed by atoms with Gasteiger partial charge >= 0.3 is 0 Å². The molecule has 1 aliphatic rings. The zero-order valence-corrected chi connectivity index (χ0v) is 11.4. The van der Waals surface area contributed by atoms with E-state index < -0.39 is 5.54 Å². The Hall–Kier alpha value is -2.02. The predicted octanol–water partition coefficient (Wildman–Crippen LogP) is 2.32. The maximum absolute atomic E-state index is 12.0. The van der Waals surface area contributed by atoms with E-state index in [9.17, 15) is 4.79 Å². The van der Waals surface area contributed by atoms with Gasteiger partial charge in [-0.3, -0.25) is 4.79 Å². The summed E-state index contributed by atoms with van der Waals surface area (Å²) in [6, 6.07) is 9.63. The van der Waals surface area contributed by atoms with E-state index in [1.54, 1.807) is 13.8 Å². The molecule has 100 valence electrons. The van der Waals surface area contributed by atoms with Gasteiger partial charge in [-0.25, -0.2) is 0 Å². The standard InChI is InChI=1S/C15H19N3O/c1-15(2,11-16)17-14(19)12-5-7-13(8-6-12)18-9-3-4-10-18/h5-8H,3-4,9-10H2,1-2H3,(H,17,19). The molecule has 2 rings (SSSR count). The number of carbonyl (C=O) groups excluding carboxylic acids is 1. The van der Waals surface area contributed by atoms with Crippen molar-refractivity contribution in [1.29, 1.82) is 5.26 Å². The Labute approximate surface area is 114 Å². The summed E-state index contributed by atoms with van der Waals surface area (Å²) in [6.45, 7) is 5.55. The van der Waals surface area contributed by atoms with Gasteiger partial charge in [-0.1, -0.05) is 0 Å². The molecular weight excluding hydrogens is 238 g/mol. The van der Waals surface area contributed by atoms with Crippen LogP contribution in [0.25, 0.3) is 0 Å². The zero-order valence-electron chi connectivity index (χ0n) is 11.4. The molecule has 4 nitrogen and oxygen atoms in total. The number of benzene rings is 1. The summed E-state index contributed by atoms with van der Waals surface area (Å²) >= 11 is 0. The van der Waals surface area contributed by atoms with Gasteiger partial charge in [-0.2, -0.15) is 5.26 Å². The van der Waals surface area contributed by atoms with Gasteiger partial charge in [0.25, 0.3) is 5.91 Å². The van der Waals surface area contributed by atoms with Gasteiger partial charge in [-0.05, 0) is 51.0 Å². The fourth-order valence-corrected chi connectivity index (χ4v) is 2.18. The second-order valence-corrected chi connectivity index (χ2v) is 5.43. The van der Waals surface area contributed by atoms with Crippen LogP contribution in [0.4, 0.5) is 5.69 Å². The minimum atomic E-state index is -0.843. The second kappa shape index (κ2) is 5.31. The largest absolute Gasteiger partial charge is 0.372 e. The van der Waals surface area contributed by atoms with Gasteiger partial charge in [0.2, 0.25) is 0 Å². The second-order valence-electron chi connectivity index (χ2n) is 5.43. The Morgan fingerprint density at radius 1 is 1.26 bits per heavy atom. The fraction of sp³-hybridized carbons (Fsp3) is 0.467. The third-order valence-electron chi connectivity index (χ3n) is 3.31. The Kier molecular flexibility index (Phi) is 3.75. The van der Waals surface area contributed by atoms with Crippen molar-refractivity contribution in [1.82, 2.24) is 5.32 Å². The lowest BCUT2D eigenvalue weighted by molar-refractivity contribution is 0.0929. The van der Waals surface area contributed by atoms with Crippen molar-refractivity contribution >= 4 is 11.6 Å². The number of hydrogen-bond acceptors (Lipinski definition) is 3. The molecule has 1 aromatic rings. The number of nitrogens with zero attached hydrogens (tertiary/aromatic N) is 2. The van der Waals surface area contributed by atoms with E-state index >= 15 is 0 Å². The first kappa shape index (κ1) is 13.4. The van der Waals surface area contributed by atoms with Gasteiger partial charge in [0.05, 0.1) is 6.07 Å². The SMILES string of the molecule is CC(C)(C#N)NC(=O)c1ccc(N2CCCC2)cc1. The molecule has 0 unspecified atom stereocenters. The lowest BCUT2D eigenvalue weighted by atomic mass is 10.1. The minimum Gasteiger partial charge on any atom is -0.372 e. The first-order valence-corrected chi connectivity index (χ1v) is 6.61. The number of amides is 1. The number of anilines is 1. The van der Waals surface area contributed by atoms with E-state index in [0.717, 1.165) is 18.8 Å². The summed E-state index contributed by atoms with van der Waals surface area (Å²) in [7, 11) is 0. The van der Waals surface area contributed by atoms with Crippen LogP contribution >= 0.6 is 0 Å². The molecule has 1 fully saturated rings. The third kappa shape index (κ3) is 3.25. The van der Waals surface area contributed by atoms with Gasteiger partial charge in [0.1, 0.15) is 5.54 Å². The van der Waals surface area contributed by atoms with E-state index in [2.05, 4.69) is 16.3 Å². The zero-order chi connectivity index (χ0) is 13.9. The van der Waals surface area contributed by atoms with Crippen LogP contribution in [0.3, 0.4) is 0 Å². The Morgan fingerprint density at radius 3 is 2.37 bits per heavy atom. The Balaban J connectivity index is 2.06. The lowest BCUT2D eigenvalue weighted by Crippen LogP contribution is -2.42. The quantitative estimate of drug-likeness (QED) is 0.904. The molecule has 1 heterocycles. The van der Waals surface area contributed by atoms with Crippen LogP contribution in [0.5, 0.6) is 0 Å². The van der Waals surface area contributed by atoms with E-state index in [1.165, 1.54) is 12.8 Å². The highest BCUT2D eigenvalue weighted by atomic mass is 16.1. The van der Waals surface area contributed by atoms with Crippen LogP contribution < -0.4 is 10.2 Å². The average Bonchev–Trinajstić information content (AvgIpc) is 2.92. The summed E-state index contributed by atoms with van der Waals surface area (Å²) in [5, 5.41) is 11.6. The number of carbonyl (C=O) groups is 1. The highest BCUT2D eigenvalue weighted by Crippen LogP contribution is 2.20. The molecule has 1 N–H and O–H groups in total.